The van der Waals surface area contributed by atoms with Gasteiger partial charge in [0.15, 0.2) is 0 Å². The van der Waals surface area contributed by atoms with Crippen molar-refractivity contribution in [2.24, 2.45) is 5.73 Å². The van der Waals surface area contributed by atoms with Gasteiger partial charge in [0.05, 0.1) is 22.0 Å². The van der Waals surface area contributed by atoms with E-state index in [0.717, 1.165) is 0 Å². The number of rotatable bonds is 2. The molecule has 0 saturated heterocycles. The fraction of sp³-hybridized carbons (Fsp3) is 0.0769. The Kier molecular flexibility index (Phi) is 3.30. The summed E-state index contributed by atoms with van der Waals surface area (Å²) in [5.74, 6) is -1.03. The SMILES string of the molecule is Cc1nc(-c2ccccc2F)c(Cl)cc1C(N)=O. The zero-order valence-corrected chi connectivity index (χ0v) is 10.3. The molecule has 0 unspecified atom stereocenters. The highest BCUT2D eigenvalue weighted by Crippen LogP contribution is 2.29. The Morgan fingerprint density at radius 1 is 1.39 bits per heavy atom. The van der Waals surface area contributed by atoms with Crippen LogP contribution < -0.4 is 5.73 Å². The van der Waals surface area contributed by atoms with Crippen LogP contribution in [0.25, 0.3) is 11.3 Å². The fourth-order valence-electron chi connectivity index (χ4n) is 1.67. The number of primary amides is 1. The monoisotopic (exact) mass is 264 g/mol. The average molecular weight is 265 g/mol. The Labute approximate surface area is 108 Å². The predicted molar refractivity (Wildman–Crippen MR) is 67.9 cm³/mol. The van der Waals surface area contributed by atoms with Crippen LogP contribution in [0.2, 0.25) is 5.02 Å². The molecule has 0 saturated carbocycles. The van der Waals surface area contributed by atoms with Crippen LogP contribution in [0.1, 0.15) is 16.1 Å². The van der Waals surface area contributed by atoms with Crippen molar-refractivity contribution in [3.05, 3.63) is 52.4 Å². The van der Waals surface area contributed by atoms with Crippen molar-refractivity contribution in [1.29, 1.82) is 0 Å². The van der Waals surface area contributed by atoms with Crippen LogP contribution in [-0.4, -0.2) is 10.9 Å². The number of hydrogen-bond acceptors (Lipinski definition) is 2. The number of nitrogens with two attached hydrogens (primary N) is 1. The second-order valence-corrected chi connectivity index (χ2v) is 4.20. The summed E-state index contributed by atoms with van der Waals surface area (Å²) >= 11 is 6.01. The third-order valence-corrected chi connectivity index (χ3v) is 2.85. The van der Waals surface area contributed by atoms with Gasteiger partial charge in [-0.15, -0.1) is 0 Å². The van der Waals surface area contributed by atoms with Crippen LogP contribution in [0.5, 0.6) is 0 Å². The lowest BCUT2D eigenvalue weighted by molar-refractivity contribution is 0.0999. The maximum Gasteiger partial charge on any atom is 0.250 e. The number of carbonyl (C=O) groups is 1. The first kappa shape index (κ1) is 12.5. The van der Waals surface area contributed by atoms with Gasteiger partial charge in [0.2, 0.25) is 0 Å². The molecule has 0 aliphatic carbocycles. The van der Waals surface area contributed by atoms with Crippen molar-refractivity contribution in [2.75, 3.05) is 0 Å². The van der Waals surface area contributed by atoms with Crippen molar-refractivity contribution in [3.8, 4) is 11.3 Å². The molecule has 1 heterocycles. The lowest BCUT2D eigenvalue weighted by Gasteiger charge is -2.08. The van der Waals surface area contributed by atoms with E-state index in [4.69, 9.17) is 17.3 Å². The van der Waals surface area contributed by atoms with Gasteiger partial charge in [-0.25, -0.2) is 4.39 Å². The average Bonchev–Trinajstić information content (AvgIpc) is 2.32. The van der Waals surface area contributed by atoms with E-state index >= 15 is 0 Å². The third-order valence-electron chi connectivity index (χ3n) is 2.56. The maximum atomic E-state index is 13.7. The van der Waals surface area contributed by atoms with Gasteiger partial charge in [-0.1, -0.05) is 23.7 Å². The quantitative estimate of drug-likeness (QED) is 0.907. The molecular formula is C13H10ClFN2O. The number of pyridine rings is 1. The first-order valence-electron chi connectivity index (χ1n) is 5.22. The van der Waals surface area contributed by atoms with Crippen molar-refractivity contribution in [3.63, 3.8) is 0 Å². The van der Waals surface area contributed by atoms with E-state index in [1.165, 1.54) is 12.1 Å². The van der Waals surface area contributed by atoms with Crippen LogP contribution in [0.4, 0.5) is 4.39 Å². The molecule has 1 aromatic carbocycles. The Morgan fingerprint density at radius 2 is 2.06 bits per heavy atom. The Balaban J connectivity index is 2.64. The molecule has 0 fully saturated rings. The van der Waals surface area contributed by atoms with Crippen molar-refractivity contribution >= 4 is 17.5 Å². The molecule has 0 bridgehead atoms. The molecule has 3 nitrogen and oxygen atoms in total. The van der Waals surface area contributed by atoms with E-state index in [2.05, 4.69) is 4.98 Å². The zero-order chi connectivity index (χ0) is 13.3. The van der Waals surface area contributed by atoms with Gasteiger partial charge in [-0.2, -0.15) is 0 Å². The van der Waals surface area contributed by atoms with Crippen LogP contribution in [0.3, 0.4) is 0 Å². The van der Waals surface area contributed by atoms with Crippen LogP contribution in [0.15, 0.2) is 30.3 Å². The third kappa shape index (κ3) is 2.19. The lowest BCUT2D eigenvalue weighted by atomic mass is 10.1. The molecule has 1 aromatic heterocycles. The maximum absolute atomic E-state index is 13.7. The largest absolute Gasteiger partial charge is 0.366 e. The molecule has 2 N–H and O–H groups in total. The standard InChI is InChI=1S/C13H10ClFN2O/c1-7-9(13(16)18)6-10(14)12(17-7)8-4-2-3-5-11(8)15/h2-6H,1H3,(H2,16,18). The topological polar surface area (TPSA) is 56.0 Å². The molecule has 2 aromatic rings. The Bertz CT molecular complexity index is 628. The summed E-state index contributed by atoms with van der Waals surface area (Å²) in [6.45, 7) is 1.63. The zero-order valence-electron chi connectivity index (χ0n) is 9.58. The van der Waals surface area contributed by atoms with Gasteiger partial charge in [0.25, 0.3) is 5.91 Å². The first-order chi connectivity index (χ1) is 8.50. The fourth-order valence-corrected chi connectivity index (χ4v) is 1.93. The van der Waals surface area contributed by atoms with Gasteiger partial charge < -0.3 is 5.73 Å². The minimum atomic E-state index is -0.609. The van der Waals surface area contributed by atoms with Gasteiger partial charge >= 0.3 is 0 Å². The number of halogens is 2. The summed E-state index contributed by atoms with van der Waals surface area (Å²) in [6, 6.07) is 7.58. The van der Waals surface area contributed by atoms with Crippen LogP contribution >= 0.6 is 11.6 Å². The second-order valence-electron chi connectivity index (χ2n) is 3.80. The molecule has 2 rings (SSSR count). The van der Waals surface area contributed by atoms with Gasteiger partial charge in [0.1, 0.15) is 5.82 Å². The van der Waals surface area contributed by atoms with E-state index < -0.39 is 11.7 Å². The normalized spacial score (nSPS) is 10.4. The summed E-state index contributed by atoms with van der Waals surface area (Å²) in [5, 5.41) is 0.194. The smallest absolute Gasteiger partial charge is 0.250 e. The van der Waals surface area contributed by atoms with Crippen LogP contribution in [-0.2, 0) is 0 Å². The number of benzene rings is 1. The van der Waals surface area contributed by atoms with Gasteiger partial charge in [0, 0.05) is 5.56 Å². The summed E-state index contributed by atoms with van der Waals surface area (Å²) in [6.07, 6.45) is 0. The number of hydrogen-bond donors (Lipinski definition) is 1. The van der Waals surface area contributed by atoms with E-state index in [9.17, 15) is 9.18 Å². The number of amides is 1. The van der Waals surface area contributed by atoms with Crippen molar-refractivity contribution in [1.82, 2.24) is 4.98 Å². The molecule has 0 spiro atoms. The highest BCUT2D eigenvalue weighted by molar-refractivity contribution is 6.33. The summed E-state index contributed by atoms with van der Waals surface area (Å²) in [4.78, 5) is 15.3. The molecule has 92 valence electrons. The molecule has 0 atom stereocenters. The van der Waals surface area contributed by atoms with E-state index in [-0.39, 0.29) is 10.6 Å². The minimum absolute atomic E-state index is 0.194. The summed E-state index contributed by atoms with van der Waals surface area (Å²) < 4.78 is 13.7. The second kappa shape index (κ2) is 4.74. The summed E-state index contributed by atoms with van der Waals surface area (Å²) in [7, 11) is 0. The number of nitrogens with zero attached hydrogens (tertiary/aromatic N) is 1. The number of carbonyl (C=O) groups excluding carboxylic acids is 1. The van der Waals surface area contributed by atoms with Crippen molar-refractivity contribution in [2.45, 2.75) is 6.92 Å². The molecule has 18 heavy (non-hydrogen) atoms. The summed E-state index contributed by atoms with van der Waals surface area (Å²) in [5.41, 5.74) is 6.44. The van der Waals surface area contributed by atoms with E-state index in [1.54, 1.807) is 25.1 Å². The molecule has 0 radical (unpaired) electrons. The highest BCUT2D eigenvalue weighted by atomic mass is 35.5. The minimum Gasteiger partial charge on any atom is -0.366 e. The van der Waals surface area contributed by atoms with E-state index in [0.29, 0.717) is 17.0 Å². The van der Waals surface area contributed by atoms with Crippen LogP contribution in [0, 0.1) is 12.7 Å². The molecule has 1 amide bonds. The Morgan fingerprint density at radius 3 is 2.67 bits per heavy atom. The number of aromatic nitrogens is 1. The Hall–Kier alpha value is -1.94. The van der Waals surface area contributed by atoms with Gasteiger partial charge in [-0.05, 0) is 25.1 Å². The highest BCUT2D eigenvalue weighted by Gasteiger charge is 2.15. The number of aryl methyl sites for hydroxylation is 1. The molecule has 0 aliphatic heterocycles. The van der Waals surface area contributed by atoms with E-state index in [1.807, 2.05) is 0 Å². The van der Waals surface area contributed by atoms with Crippen molar-refractivity contribution < 1.29 is 9.18 Å². The molecule has 0 aliphatic rings. The lowest BCUT2D eigenvalue weighted by Crippen LogP contribution is -2.14. The van der Waals surface area contributed by atoms with Gasteiger partial charge in [-0.3, -0.25) is 9.78 Å². The molecule has 5 heteroatoms. The first-order valence-corrected chi connectivity index (χ1v) is 5.60. The molecular weight excluding hydrogens is 255 g/mol. The predicted octanol–water partition coefficient (Wildman–Crippen LogP) is 2.95.